The maximum Gasteiger partial charge on any atom is 0.193 e. The van der Waals surface area contributed by atoms with Crippen LogP contribution in [0.1, 0.15) is 27.0 Å². The number of aryl methyl sites for hydroxylation is 2. The van der Waals surface area contributed by atoms with E-state index in [1.165, 1.54) is 0 Å². The Morgan fingerprint density at radius 2 is 1.20 bits per heavy atom. The molecule has 2 aromatic rings. The number of hydrogen-bond acceptors (Lipinski definition) is 3. The number of hydrogen-bond donors (Lipinski definition) is 0. The van der Waals surface area contributed by atoms with Crippen molar-refractivity contribution in [2.45, 2.75) is 13.8 Å². The molecule has 2 rings (SSSR count). The number of rotatable bonds is 4. The van der Waals surface area contributed by atoms with Gasteiger partial charge in [-0.3, -0.25) is 4.79 Å². The molecule has 0 aliphatic heterocycles. The average Bonchev–Trinajstić information content (AvgIpc) is 2.44. The summed E-state index contributed by atoms with van der Waals surface area (Å²) in [4.78, 5) is 12.6. The molecule has 0 fully saturated rings. The molecule has 0 aromatic heterocycles. The van der Waals surface area contributed by atoms with Gasteiger partial charge in [0.1, 0.15) is 11.5 Å². The van der Waals surface area contributed by atoms with E-state index in [0.29, 0.717) is 22.6 Å². The van der Waals surface area contributed by atoms with E-state index in [0.717, 1.165) is 11.1 Å². The quantitative estimate of drug-likeness (QED) is 0.797. The maximum atomic E-state index is 12.6. The van der Waals surface area contributed by atoms with E-state index in [-0.39, 0.29) is 5.78 Å². The van der Waals surface area contributed by atoms with Crippen LogP contribution in [0.15, 0.2) is 36.4 Å². The van der Waals surface area contributed by atoms with Crippen molar-refractivity contribution in [3.8, 4) is 11.5 Å². The predicted octanol–water partition coefficient (Wildman–Crippen LogP) is 3.55. The minimum atomic E-state index is -0.0333. The second-order valence-electron chi connectivity index (χ2n) is 4.81. The van der Waals surface area contributed by atoms with Crippen molar-refractivity contribution in [2.75, 3.05) is 14.2 Å². The van der Waals surface area contributed by atoms with Gasteiger partial charge < -0.3 is 9.47 Å². The lowest BCUT2D eigenvalue weighted by atomic mass is 9.99. The first-order valence-electron chi connectivity index (χ1n) is 6.39. The van der Waals surface area contributed by atoms with Crippen molar-refractivity contribution in [1.82, 2.24) is 0 Å². The normalized spacial score (nSPS) is 10.2. The van der Waals surface area contributed by atoms with Gasteiger partial charge in [-0.1, -0.05) is 17.2 Å². The minimum Gasteiger partial charge on any atom is -0.497 e. The summed E-state index contributed by atoms with van der Waals surface area (Å²) in [6.07, 6.45) is 0. The van der Waals surface area contributed by atoms with E-state index in [1.807, 2.05) is 32.0 Å². The van der Waals surface area contributed by atoms with Crippen molar-refractivity contribution in [3.63, 3.8) is 0 Å². The van der Waals surface area contributed by atoms with Gasteiger partial charge in [-0.2, -0.15) is 0 Å². The lowest BCUT2D eigenvalue weighted by Gasteiger charge is -2.09. The van der Waals surface area contributed by atoms with Crippen molar-refractivity contribution < 1.29 is 14.3 Å². The van der Waals surface area contributed by atoms with Crippen LogP contribution in [0.4, 0.5) is 0 Å². The first-order chi connectivity index (χ1) is 9.53. The first kappa shape index (κ1) is 14.1. The zero-order chi connectivity index (χ0) is 14.7. The summed E-state index contributed by atoms with van der Waals surface area (Å²) in [6.45, 7) is 3.96. The Bertz CT molecular complexity index is 602. The van der Waals surface area contributed by atoms with E-state index in [9.17, 15) is 4.79 Å². The Morgan fingerprint density at radius 3 is 1.65 bits per heavy atom. The molecule has 0 heterocycles. The standard InChI is InChI=1S/C17H18O3/c1-11-5-12(2)7-13(6-11)17(18)14-8-15(19-3)10-16(9-14)20-4/h5-10H,1-4H3. The highest BCUT2D eigenvalue weighted by molar-refractivity contribution is 6.09. The van der Waals surface area contributed by atoms with Gasteiger partial charge in [0.2, 0.25) is 0 Å². The number of ether oxygens (including phenoxy) is 2. The summed E-state index contributed by atoms with van der Waals surface area (Å²) in [5, 5.41) is 0. The molecule has 0 unspecified atom stereocenters. The SMILES string of the molecule is COc1cc(OC)cc(C(=O)c2cc(C)cc(C)c2)c1. The molecule has 0 atom stereocenters. The molecule has 3 heteroatoms. The van der Waals surface area contributed by atoms with Crippen molar-refractivity contribution in [2.24, 2.45) is 0 Å². The summed E-state index contributed by atoms with van der Waals surface area (Å²) in [6, 6.07) is 11.0. The molecule has 2 aromatic carbocycles. The minimum absolute atomic E-state index is 0.0333. The Labute approximate surface area is 119 Å². The Morgan fingerprint density at radius 1 is 0.750 bits per heavy atom. The summed E-state index contributed by atoms with van der Waals surface area (Å²) >= 11 is 0. The maximum absolute atomic E-state index is 12.6. The zero-order valence-electron chi connectivity index (χ0n) is 12.2. The Kier molecular flexibility index (Phi) is 4.08. The lowest BCUT2D eigenvalue weighted by Crippen LogP contribution is -2.03. The van der Waals surface area contributed by atoms with Gasteiger partial charge >= 0.3 is 0 Å². The van der Waals surface area contributed by atoms with E-state index >= 15 is 0 Å². The van der Waals surface area contributed by atoms with Crippen molar-refractivity contribution >= 4 is 5.78 Å². The fourth-order valence-corrected chi connectivity index (χ4v) is 2.21. The van der Waals surface area contributed by atoms with E-state index < -0.39 is 0 Å². The molecule has 104 valence electrons. The lowest BCUT2D eigenvalue weighted by molar-refractivity contribution is 0.103. The van der Waals surface area contributed by atoms with Gasteiger partial charge in [0.25, 0.3) is 0 Å². The molecule has 0 saturated heterocycles. The zero-order valence-corrected chi connectivity index (χ0v) is 12.2. The number of benzene rings is 2. The van der Waals surface area contributed by atoms with Crippen molar-refractivity contribution in [3.05, 3.63) is 58.7 Å². The molecule has 0 bridgehead atoms. The van der Waals surface area contributed by atoms with Gasteiger partial charge in [0, 0.05) is 17.2 Å². The third kappa shape index (κ3) is 2.99. The van der Waals surface area contributed by atoms with Gasteiger partial charge in [-0.25, -0.2) is 0 Å². The van der Waals surface area contributed by atoms with Crippen LogP contribution in [-0.4, -0.2) is 20.0 Å². The highest BCUT2D eigenvalue weighted by atomic mass is 16.5. The molecule has 0 aliphatic carbocycles. The highest BCUT2D eigenvalue weighted by Gasteiger charge is 2.13. The second-order valence-corrected chi connectivity index (χ2v) is 4.81. The van der Waals surface area contributed by atoms with Crippen LogP contribution in [0.3, 0.4) is 0 Å². The van der Waals surface area contributed by atoms with Crippen molar-refractivity contribution in [1.29, 1.82) is 0 Å². The Balaban J connectivity index is 2.47. The van der Waals surface area contributed by atoms with Crippen LogP contribution in [-0.2, 0) is 0 Å². The van der Waals surface area contributed by atoms with Gasteiger partial charge in [-0.05, 0) is 38.1 Å². The van der Waals surface area contributed by atoms with E-state index in [4.69, 9.17) is 9.47 Å². The predicted molar refractivity (Wildman–Crippen MR) is 78.9 cm³/mol. The monoisotopic (exact) mass is 270 g/mol. The molecular weight excluding hydrogens is 252 g/mol. The molecular formula is C17H18O3. The van der Waals surface area contributed by atoms with Gasteiger partial charge in [-0.15, -0.1) is 0 Å². The van der Waals surface area contributed by atoms with Crippen LogP contribution in [0.5, 0.6) is 11.5 Å². The largest absolute Gasteiger partial charge is 0.497 e. The van der Waals surface area contributed by atoms with Gasteiger partial charge in [0.15, 0.2) is 5.78 Å². The number of ketones is 1. The van der Waals surface area contributed by atoms with Crippen LogP contribution < -0.4 is 9.47 Å². The van der Waals surface area contributed by atoms with Crippen LogP contribution in [0, 0.1) is 13.8 Å². The highest BCUT2D eigenvalue weighted by Crippen LogP contribution is 2.24. The molecule has 0 saturated carbocycles. The number of carbonyl (C=O) groups is 1. The molecule has 0 spiro atoms. The summed E-state index contributed by atoms with van der Waals surface area (Å²) in [7, 11) is 3.14. The number of carbonyl (C=O) groups excluding carboxylic acids is 1. The first-order valence-corrected chi connectivity index (χ1v) is 6.39. The summed E-state index contributed by atoms with van der Waals surface area (Å²) in [5.74, 6) is 1.18. The van der Waals surface area contributed by atoms with E-state index in [2.05, 4.69) is 0 Å². The topological polar surface area (TPSA) is 35.5 Å². The molecule has 0 N–H and O–H groups in total. The fraction of sp³-hybridized carbons (Fsp3) is 0.235. The Hall–Kier alpha value is -2.29. The molecule has 3 nitrogen and oxygen atoms in total. The van der Waals surface area contributed by atoms with Crippen LogP contribution in [0.25, 0.3) is 0 Å². The smallest absolute Gasteiger partial charge is 0.193 e. The third-order valence-corrected chi connectivity index (χ3v) is 3.10. The van der Waals surface area contributed by atoms with Crippen LogP contribution in [0.2, 0.25) is 0 Å². The molecule has 0 amide bonds. The molecule has 0 aliphatic rings. The molecule has 0 radical (unpaired) electrons. The van der Waals surface area contributed by atoms with Gasteiger partial charge in [0.05, 0.1) is 14.2 Å². The summed E-state index contributed by atoms with van der Waals surface area (Å²) < 4.78 is 10.4. The fourth-order valence-electron chi connectivity index (χ4n) is 2.21. The molecule has 20 heavy (non-hydrogen) atoms. The number of methoxy groups -OCH3 is 2. The van der Waals surface area contributed by atoms with Crippen LogP contribution >= 0.6 is 0 Å². The summed E-state index contributed by atoms with van der Waals surface area (Å²) in [5.41, 5.74) is 3.38. The average molecular weight is 270 g/mol. The second kappa shape index (κ2) is 5.78. The van der Waals surface area contributed by atoms with E-state index in [1.54, 1.807) is 32.4 Å². The third-order valence-electron chi connectivity index (χ3n) is 3.10.